The van der Waals surface area contributed by atoms with Crippen molar-refractivity contribution in [2.45, 2.75) is 23.5 Å². The maximum Gasteiger partial charge on any atom is 0.243 e. The van der Waals surface area contributed by atoms with Crippen LogP contribution in [0.1, 0.15) is 18.4 Å². The Kier molecular flexibility index (Phi) is 8.16. The average Bonchev–Trinajstić information content (AvgIpc) is 2.75. The Bertz CT molecular complexity index is 970. The first-order chi connectivity index (χ1) is 14.4. The number of hydrogen-bond acceptors (Lipinski definition) is 4. The number of hydrogen-bond donors (Lipinski definition) is 1. The van der Waals surface area contributed by atoms with Gasteiger partial charge in [0, 0.05) is 36.2 Å². The molecule has 1 aliphatic heterocycles. The molecule has 0 spiro atoms. The van der Waals surface area contributed by atoms with E-state index in [2.05, 4.69) is 5.32 Å². The van der Waals surface area contributed by atoms with Crippen molar-refractivity contribution in [1.29, 1.82) is 0 Å². The Morgan fingerprint density at radius 1 is 1.20 bits per heavy atom. The minimum Gasteiger partial charge on any atom is -0.355 e. The van der Waals surface area contributed by atoms with E-state index in [-0.39, 0.29) is 23.3 Å². The molecule has 2 aromatic rings. The predicted molar refractivity (Wildman–Crippen MR) is 119 cm³/mol. The fraction of sp³-hybridized carbons (Fsp3) is 0.381. The fourth-order valence-electron chi connectivity index (χ4n) is 3.32. The van der Waals surface area contributed by atoms with E-state index in [1.54, 1.807) is 11.8 Å². The number of carbonyl (C=O) groups excluding carboxylic acids is 1. The third-order valence-corrected chi connectivity index (χ3v) is 8.22. The van der Waals surface area contributed by atoms with E-state index in [1.165, 1.54) is 16.4 Å². The molecule has 0 aliphatic carbocycles. The molecule has 1 atom stereocenters. The third-order valence-electron chi connectivity index (χ3n) is 4.97. The van der Waals surface area contributed by atoms with Gasteiger partial charge in [0.1, 0.15) is 5.82 Å². The SMILES string of the molecule is O=C(NCCSCc1ccccc1Cl)[C@@H]1CCCN(S(=O)(=O)c2ccc(F)cc2)C1. The van der Waals surface area contributed by atoms with Crippen LogP contribution in [0.15, 0.2) is 53.4 Å². The molecule has 3 rings (SSSR count). The lowest BCUT2D eigenvalue weighted by atomic mass is 9.99. The van der Waals surface area contributed by atoms with Gasteiger partial charge in [-0.25, -0.2) is 12.8 Å². The summed E-state index contributed by atoms with van der Waals surface area (Å²) in [5.41, 5.74) is 1.06. The molecule has 1 N–H and O–H groups in total. The fourth-order valence-corrected chi connectivity index (χ4v) is 5.99. The van der Waals surface area contributed by atoms with Crippen LogP contribution in [0, 0.1) is 11.7 Å². The number of nitrogens with one attached hydrogen (secondary N) is 1. The molecular weight excluding hydrogens is 447 g/mol. The van der Waals surface area contributed by atoms with Gasteiger partial charge < -0.3 is 5.32 Å². The van der Waals surface area contributed by atoms with Crippen LogP contribution < -0.4 is 5.32 Å². The summed E-state index contributed by atoms with van der Waals surface area (Å²) in [6.07, 6.45) is 1.26. The Balaban J connectivity index is 1.47. The first-order valence-electron chi connectivity index (χ1n) is 9.72. The predicted octanol–water partition coefficient (Wildman–Crippen LogP) is 3.93. The van der Waals surface area contributed by atoms with Crippen molar-refractivity contribution in [2.75, 3.05) is 25.4 Å². The molecule has 1 saturated heterocycles. The van der Waals surface area contributed by atoms with Crippen molar-refractivity contribution >= 4 is 39.3 Å². The van der Waals surface area contributed by atoms with Crippen LogP contribution in [0.4, 0.5) is 4.39 Å². The lowest BCUT2D eigenvalue weighted by molar-refractivity contribution is -0.125. The molecule has 1 amide bonds. The van der Waals surface area contributed by atoms with E-state index >= 15 is 0 Å². The first kappa shape index (κ1) is 23.1. The molecule has 1 heterocycles. The van der Waals surface area contributed by atoms with E-state index in [0.717, 1.165) is 34.2 Å². The number of carbonyl (C=O) groups is 1. The summed E-state index contributed by atoms with van der Waals surface area (Å²) in [6.45, 7) is 1.00. The normalized spacial score (nSPS) is 17.6. The highest BCUT2D eigenvalue weighted by atomic mass is 35.5. The zero-order valence-electron chi connectivity index (χ0n) is 16.4. The maximum atomic E-state index is 13.1. The minimum atomic E-state index is -3.74. The quantitative estimate of drug-likeness (QED) is 0.593. The van der Waals surface area contributed by atoms with Gasteiger partial charge in [-0.3, -0.25) is 4.79 Å². The lowest BCUT2D eigenvalue weighted by Crippen LogP contribution is -2.45. The largest absolute Gasteiger partial charge is 0.355 e. The van der Waals surface area contributed by atoms with Crippen molar-refractivity contribution in [3.63, 3.8) is 0 Å². The summed E-state index contributed by atoms with van der Waals surface area (Å²) in [7, 11) is -3.74. The second-order valence-corrected chi connectivity index (χ2v) is 10.5. The third kappa shape index (κ3) is 5.97. The average molecular weight is 471 g/mol. The molecule has 1 fully saturated rings. The number of nitrogens with zero attached hydrogens (tertiary/aromatic N) is 1. The summed E-state index contributed by atoms with van der Waals surface area (Å²) in [6, 6.07) is 12.4. The van der Waals surface area contributed by atoms with Gasteiger partial charge >= 0.3 is 0 Å². The lowest BCUT2D eigenvalue weighted by Gasteiger charge is -2.31. The molecule has 0 unspecified atom stereocenters. The number of thioether (sulfide) groups is 1. The maximum absolute atomic E-state index is 13.1. The van der Waals surface area contributed by atoms with Gasteiger partial charge in [0.15, 0.2) is 0 Å². The van der Waals surface area contributed by atoms with Crippen molar-refractivity contribution in [2.24, 2.45) is 5.92 Å². The van der Waals surface area contributed by atoms with Crippen LogP contribution in [0.3, 0.4) is 0 Å². The van der Waals surface area contributed by atoms with Gasteiger partial charge in [-0.1, -0.05) is 29.8 Å². The first-order valence-corrected chi connectivity index (χ1v) is 12.7. The summed E-state index contributed by atoms with van der Waals surface area (Å²) < 4.78 is 40.0. The number of piperidine rings is 1. The Morgan fingerprint density at radius 2 is 1.93 bits per heavy atom. The monoisotopic (exact) mass is 470 g/mol. The van der Waals surface area contributed by atoms with E-state index < -0.39 is 15.8 Å². The Morgan fingerprint density at radius 3 is 2.67 bits per heavy atom. The van der Waals surface area contributed by atoms with Crippen LogP contribution in [-0.4, -0.2) is 44.0 Å². The van der Waals surface area contributed by atoms with Gasteiger partial charge in [-0.05, 0) is 48.7 Å². The standard InChI is InChI=1S/C21H24ClFN2O3S2/c22-20-6-2-1-4-17(20)15-29-13-11-24-21(26)16-5-3-12-25(14-16)30(27,28)19-9-7-18(23)8-10-19/h1-2,4,6-10,16H,3,5,11-15H2,(H,24,26)/t16-/m1/s1. The zero-order chi connectivity index (χ0) is 21.6. The van der Waals surface area contributed by atoms with Crippen LogP contribution in [0.25, 0.3) is 0 Å². The molecule has 9 heteroatoms. The highest BCUT2D eigenvalue weighted by Crippen LogP contribution is 2.24. The summed E-state index contributed by atoms with van der Waals surface area (Å²) in [5, 5.41) is 3.64. The van der Waals surface area contributed by atoms with Crippen molar-refractivity contribution in [3.05, 3.63) is 64.9 Å². The number of benzene rings is 2. The second-order valence-electron chi connectivity index (χ2n) is 7.09. The molecule has 5 nitrogen and oxygen atoms in total. The van der Waals surface area contributed by atoms with Gasteiger partial charge in [-0.2, -0.15) is 16.1 Å². The summed E-state index contributed by atoms with van der Waals surface area (Å²) in [5.74, 6) is 0.497. The molecule has 1 aliphatic rings. The van der Waals surface area contributed by atoms with Crippen molar-refractivity contribution in [3.8, 4) is 0 Å². The molecular formula is C21H24ClFN2O3S2. The number of amides is 1. The highest BCUT2D eigenvalue weighted by Gasteiger charge is 2.33. The highest BCUT2D eigenvalue weighted by molar-refractivity contribution is 7.98. The summed E-state index contributed by atoms with van der Waals surface area (Å²) >= 11 is 7.81. The smallest absolute Gasteiger partial charge is 0.243 e. The number of halogens is 2. The van der Waals surface area contributed by atoms with Crippen LogP contribution >= 0.6 is 23.4 Å². The van der Waals surface area contributed by atoms with Gasteiger partial charge in [0.25, 0.3) is 0 Å². The zero-order valence-corrected chi connectivity index (χ0v) is 18.8. The van der Waals surface area contributed by atoms with E-state index in [1.807, 2.05) is 24.3 Å². The number of sulfonamides is 1. The summed E-state index contributed by atoms with van der Waals surface area (Å²) in [4.78, 5) is 12.6. The Labute approximate surface area is 186 Å². The molecule has 0 bridgehead atoms. The molecule has 162 valence electrons. The molecule has 0 saturated carbocycles. The molecule has 30 heavy (non-hydrogen) atoms. The van der Waals surface area contributed by atoms with Crippen LogP contribution in [0.2, 0.25) is 5.02 Å². The molecule has 0 radical (unpaired) electrons. The number of rotatable bonds is 8. The minimum absolute atomic E-state index is 0.0425. The van der Waals surface area contributed by atoms with Crippen LogP contribution in [0.5, 0.6) is 0 Å². The van der Waals surface area contributed by atoms with E-state index in [4.69, 9.17) is 11.6 Å². The topological polar surface area (TPSA) is 66.5 Å². The van der Waals surface area contributed by atoms with Crippen LogP contribution in [-0.2, 0) is 20.6 Å². The Hall–Kier alpha value is -1.61. The van der Waals surface area contributed by atoms with Crippen molar-refractivity contribution < 1.29 is 17.6 Å². The molecule has 0 aromatic heterocycles. The van der Waals surface area contributed by atoms with E-state index in [0.29, 0.717) is 25.9 Å². The second kappa shape index (κ2) is 10.6. The van der Waals surface area contributed by atoms with Crippen molar-refractivity contribution in [1.82, 2.24) is 9.62 Å². The van der Waals surface area contributed by atoms with Gasteiger partial charge in [-0.15, -0.1) is 0 Å². The van der Waals surface area contributed by atoms with Gasteiger partial charge in [0.05, 0.1) is 10.8 Å². The van der Waals surface area contributed by atoms with Gasteiger partial charge in [0.2, 0.25) is 15.9 Å². The molecule has 2 aromatic carbocycles. The van der Waals surface area contributed by atoms with E-state index in [9.17, 15) is 17.6 Å².